The maximum absolute atomic E-state index is 12.1. The first kappa shape index (κ1) is 18.7. The third-order valence-corrected chi connectivity index (χ3v) is 4.49. The number of anilines is 2. The molecule has 0 spiro atoms. The van der Waals surface area contributed by atoms with Gasteiger partial charge >= 0.3 is 0 Å². The molecule has 0 bridgehead atoms. The summed E-state index contributed by atoms with van der Waals surface area (Å²) in [4.78, 5) is 12.0. The van der Waals surface area contributed by atoms with Gasteiger partial charge in [0.25, 0.3) is 5.91 Å². The van der Waals surface area contributed by atoms with Gasteiger partial charge in [-0.3, -0.25) is 4.79 Å². The lowest BCUT2D eigenvalue weighted by molar-refractivity contribution is -0.112. The number of nitrogens with one attached hydrogen (secondary N) is 2. The van der Waals surface area contributed by atoms with Gasteiger partial charge in [0.1, 0.15) is 11.6 Å². The van der Waals surface area contributed by atoms with Crippen molar-refractivity contribution in [2.75, 3.05) is 10.6 Å². The second-order valence-corrected chi connectivity index (χ2v) is 7.32. The van der Waals surface area contributed by atoms with Crippen molar-refractivity contribution in [1.82, 2.24) is 0 Å². The Bertz CT molecular complexity index is 946. The summed E-state index contributed by atoms with van der Waals surface area (Å²) in [6.45, 7) is 0. The molecule has 128 valence electrons. The Labute approximate surface area is 153 Å². The van der Waals surface area contributed by atoms with E-state index in [-0.39, 0.29) is 10.5 Å². The van der Waals surface area contributed by atoms with E-state index in [4.69, 9.17) is 10.4 Å². The lowest BCUT2D eigenvalue weighted by Crippen LogP contribution is -2.15. The Kier molecular flexibility index (Phi) is 5.93. The molecular weight excluding hydrogens is 408 g/mol. The molecule has 7 nitrogen and oxygen atoms in total. The molecule has 0 saturated heterocycles. The van der Waals surface area contributed by atoms with Gasteiger partial charge < -0.3 is 10.6 Å². The van der Waals surface area contributed by atoms with E-state index in [1.165, 1.54) is 30.5 Å². The molecule has 0 heterocycles. The van der Waals surface area contributed by atoms with Crippen LogP contribution in [0, 0.1) is 11.3 Å². The third-order valence-electron chi connectivity index (χ3n) is 3.03. The molecule has 0 aliphatic rings. The van der Waals surface area contributed by atoms with Crippen LogP contribution in [-0.4, -0.2) is 14.3 Å². The molecule has 0 radical (unpaired) electrons. The fourth-order valence-electron chi connectivity index (χ4n) is 1.78. The molecule has 0 unspecified atom stereocenters. The molecule has 9 heteroatoms. The summed E-state index contributed by atoms with van der Waals surface area (Å²) in [7, 11) is -3.80. The number of sulfonamides is 1. The molecule has 0 aromatic heterocycles. The van der Waals surface area contributed by atoms with Crippen molar-refractivity contribution < 1.29 is 13.2 Å². The number of nitriles is 1. The van der Waals surface area contributed by atoms with Crippen LogP contribution in [0.1, 0.15) is 0 Å². The van der Waals surface area contributed by atoms with E-state index in [0.29, 0.717) is 11.4 Å². The van der Waals surface area contributed by atoms with Crippen molar-refractivity contribution >= 4 is 43.2 Å². The van der Waals surface area contributed by atoms with E-state index in [1.807, 2.05) is 12.1 Å². The van der Waals surface area contributed by atoms with Crippen molar-refractivity contribution in [3.05, 3.63) is 64.8 Å². The van der Waals surface area contributed by atoms with Crippen LogP contribution in [-0.2, 0) is 14.8 Å². The maximum Gasteiger partial charge on any atom is 0.267 e. The van der Waals surface area contributed by atoms with Crippen LogP contribution in [0.4, 0.5) is 11.4 Å². The first-order valence-corrected chi connectivity index (χ1v) is 9.20. The van der Waals surface area contributed by atoms with Crippen LogP contribution in [0.3, 0.4) is 0 Å². The van der Waals surface area contributed by atoms with E-state index in [2.05, 4.69) is 26.6 Å². The van der Waals surface area contributed by atoms with Crippen molar-refractivity contribution in [3.8, 4) is 6.07 Å². The Morgan fingerprint density at radius 3 is 2.16 bits per heavy atom. The summed E-state index contributed by atoms with van der Waals surface area (Å²) < 4.78 is 23.3. The van der Waals surface area contributed by atoms with Gasteiger partial charge in [0.05, 0.1) is 4.90 Å². The number of primary sulfonamides is 1. The number of amides is 1. The molecule has 0 fully saturated rings. The number of halogens is 1. The average Bonchev–Trinajstić information content (AvgIpc) is 2.56. The Balaban J connectivity index is 2.08. The van der Waals surface area contributed by atoms with Crippen LogP contribution in [0.2, 0.25) is 0 Å². The minimum absolute atomic E-state index is 0.0709. The topological polar surface area (TPSA) is 125 Å². The summed E-state index contributed by atoms with van der Waals surface area (Å²) in [5.41, 5.74) is 0.905. The van der Waals surface area contributed by atoms with Crippen molar-refractivity contribution in [1.29, 1.82) is 5.26 Å². The van der Waals surface area contributed by atoms with E-state index in [9.17, 15) is 13.2 Å². The lowest BCUT2D eigenvalue weighted by Gasteiger charge is -2.06. The van der Waals surface area contributed by atoms with Crippen LogP contribution in [0.25, 0.3) is 0 Å². The Morgan fingerprint density at radius 2 is 1.64 bits per heavy atom. The van der Waals surface area contributed by atoms with Gasteiger partial charge in [-0.15, -0.1) is 0 Å². The SMILES string of the molecule is N#C/C(=C/Nc1ccc(Br)cc1)C(=O)Nc1ccc(S(N)(=O)=O)cc1. The molecule has 4 N–H and O–H groups in total. The molecule has 2 rings (SSSR count). The van der Waals surface area contributed by atoms with Crippen LogP contribution < -0.4 is 15.8 Å². The normalized spacial score (nSPS) is 11.5. The highest BCUT2D eigenvalue weighted by Gasteiger charge is 2.11. The fraction of sp³-hybridized carbons (Fsp3) is 0. The zero-order chi connectivity index (χ0) is 18.4. The number of benzene rings is 2. The molecule has 0 saturated carbocycles. The first-order chi connectivity index (χ1) is 11.8. The average molecular weight is 421 g/mol. The molecule has 0 atom stereocenters. The predicted octanol–water partition coefficient (Wildman–Crippen LogP) is 2.55. The molecular formula is C16H13BrN4O3S. The van der Waals surface area contributed by atoms with Crippen LogP contribution in [0.15, 0.2) is 69.7 Å². The number of carbonyl (C=O) groups is 1. The van der Waals surface area contributed by atoms with Crippen LogP contribution in [0.5, 0.6) is 0 Å². The second-order valence-electron chi connectivity index (χ2n) is 4.84. The lowest BCUT2D eigenvalue weighted by atomic mass is 10.2. The van der Waals surface area contributed by atoms with Gasteiger partial charge in [-0.25, -0.2) is 13.6 Å². The zero-order valence-corrected chi connectivity index (χ0v) is 15.1. The van der Waals surface area contributed by atoms with Gasteiger partial charge in [-0.2, -0.15) is 5.26 Å². The summed E-state index contributed by atoms with van der Waals surface area (Å²) in [5, 5.41) is 19.5. The number of hydrogen-bond acceptors (Lipinski definition) is 5. The zero-order valence-electron chi connectivity index (χ0n) is 12.7. The molecule has 2 aromatic rings. The van der Waals surface area contributed by atoms with E-state index < -0.39 is 15.9 Å². The number of hydrogen-bond donors (Lipinski definition) is 3. The minimum Gasteiger partial charge on any atom is -0.360 e. The summed E-state index contributed by atoms with van der Waals surface area (Å²) in [6, 6.07) is 14.3. The molecule has 0 aliphatic heterocycles. The number of nitrogens with two attached hydrogens (primary N) is 1. The fourth-order valence-corrected chi connectivity index (χ4v) is 2.56. The van der Waals surface area contributed by atoms with Gasteiger partial charge in [0, 0.05) is 22.0 Å². The molecule has 25 heavy (non-hydrogen) atoms. The smallest absolute Gasteiger partial charge is 0.267 e. The van der Waals surface area contributed by atoms with E-state index in [1.54, 1.807) is 18.2 Å². The Morgan fingerprint density at radius 1 is 1.08 bits per heavy atom. The maximum atomic E-state index is 12.1. The first-order valence-electron chi connectivity index (χ1n) is 6.86. The van der Waals surface area contributed by atoms with Gasteiger partial charge in [-0.05, 0) is 48.5 Å². The van der Waals surface area contributed by atoms with E-state index in [0.717, 1.165) is 4.47 Å². The highest BCUT2D eigenvalue weighted by molar-refractivity contribution is 9.10. The molecule has 1 amide bonds. The summed E-state index contributed by atoms with van der Waals surface area (Å²) in [6.07, 6.45) is 1.29. The number of rotatable bonds is 5. The monoisotopic (exact) mass is 420 g/mol. The standard InChI is InChI=1S/C16H13BrN4O3S/c17-12-1-3-13(4-2-12)20-10-11(9-18)16(22)21-14-5-7-15(8-6-14)25(19,23)24/h1-8,10,20H,(H,21,22)(H2,19,23,24)/b11-10-. The van der Waals surface area contributed by atoms with Gasteiger partial charge in [-0.1, -0.05) is 15.9 Å². The highest BCUT2D eigenvalue weighted by atomic mass is 79.9. The summed E-state index contributed by atoms with van der Waals surface area (Å²) >= 11 is 3.31. The third kappa shape index (κ3) is 5.42. The largest absolute Gasteiger partial charge is 0.360 e. The Hall–Kier alpha value is -2.67. The van der Waals surface area contributed by atoms with Crippen molar-refractivity contribution in [3.63, 3.8) is 0 Å². The van der Waals surface area contributed by atoms with Crippen molar-refractivity contribution in [2.45, 2.75) is 4.90 Å². The highest BCUT2D eigenvalue weighted by Crippen LogP contribution is 2.15. The molecule has 0 aliphatic carbocycles. The van der Waals surface area contributed by atoms with Crippen molar-refractivity contribution in [2.24, 2.45) is 5.14 Å². The van der Waals surface area contributed by atoms with Gasteiger partial charge in [0.2, 0.25) is 10.0 Å². The van der Waals surface area contributed by atoms with Gasteiger partial charge in [0.15, 0.2) is 0 Å². The predicted molar refractivity (Wildman–Crippen MR) is 97.9 cm³/mol. The second kappa shape index (κ2) is 7.94. The van der Waals surface area contributed by atoms with E-state index >= 15 is 0 Å². The quantitative estimate of drug-likeness (QED) is 0.506. The number of nitrogens with zero attached hydrogens (tertiary/aromatic N) is 1. The number of carbonyl (C=O) groups excluding carboxylic acids is 1. The van der Waals surface area contributed by atoms with Crippen LogP contribution >= 0.6 is 15.9 Å². The molecule has 2 aromatic carbocycles. The summed E-state index contributed by atoms with van der Waals surface area (Å²) in [5.74, 6) is -0.629. The minimum atomic E-state index is -3.80.